The molecule has 1 atom stereocenters. The molecule has 36 heavy (non-hydrogen) atoms. The van der Waals surface area contributed by atoms with Gasteiger partial charge in [-0.05, 0) is 53.1 Å². The van der Waals surface area contributed by atoms with Crippen molar-refractivity contribution in [1.29, 1.82) is 0 Å². The molecule has 0 aliphatic carbocycles. The molecule has 1 N–H and O–H groups in total. The maximum atomic E-state index is 13.7. The van der Waals surface area contributed by atoms with Gasteiger partial charge in [0.2, 0.25) is 11.8 Å². The van der Waals surface area contributed by atoms with E-state index < -0.39 is 6.04 Å². The lowest BCUT2D eigenvalue weighted by Crippen LogP contribution is -2.50. The highest BCUT2D eigenvalue weighted by atomic mass is 79.9. The van der Waals surface area contributed by atoms with Gasteiger partial charge in [-0.3, -0.25) is 9.59 Å². The molecule has 190 valence electrons. The molecule has 0 aliphatic rings. The minimum absolute atomic E-state index is 0.0153. The van der Waals surface area contributed by atoms with Gasteiger partial charge >= 0.3 is 0 Å². The van der Waals surface area contributed by atoms with E-state index >= 15 is 0 Å². The first-order valence-electron chi connectivity index (χ1n) is 12.8. The summed E-state index contributed by atoms with van der Waals surface area (Å²) in [5, 5.41) is 3.03. The lowest BCUT2D eigenvalue weighted by Gasteiger charge is -2.31. The third kappa shape index (κ3) is 8.34. The minimum Gasteiger partial charge on any atom is -0.354 e. The van der Waals surface area contributed by atoms with E-state index in [1.54, 1.807) is 4.90 Å². The van der Waals surface area contributed by atoms with Gasteiger partial charge in [0.1, 0.15) is 6.04 Å². The third-order valence-corrected chi connectivity index (χ3v) is 6.89. The average molecular weight is 550 g/mol. The van der Waals surface area contributed by atoms with Crippen molar-refractivity contribution in [2.45, 2.75) is 65.0 Å². The molecule has 5 heteroatoms. The Morgan fingerprint density at radius 3 is 2.11 bits per heavy atom. The largest absolute Gasteiger partial charge is 0.354 e. The Morgan fingerprint density at radius 2 is 1.50 bits per heavy atom. The van der Waals surface area contributed by atoms with Crippen molar-refractivity contribution in [3.05, 3.63) is 106 Å². The predicted octanol–water partition coefficient (Wildman–Crippen LogP) is 6.67. The lowest BCUT2D eigenvalue weighted by atomic mass is 9.99. The number of amides is 2. The van der Waals surface area contributed by atoms with E-state index in [0.29, 0.717) is 38.3 Å². The summed E-state index contributed by atoms with van der Waals surface area (Å²) in [4.78, 5) is 28.8. The van der Waals surface area contributed by atoms with Gasteiger partial charge in [0, 0.05) is 30.4 Å². The molecule has 0 bridgehead atoms. The molecule has 0 heterocycles. The van der Waals surface area contributed by atoms with Crippen LogP contribution in [-0.4, -0.2) is 29.3 Å². The molecule has 0 spiro atoms. The highest BCUT2D eigenvalue weighted by Gasteiger charge is 2.30. The Morgan fingerprint density at radius 1 is 0.861 bits per heavy atom. The molecule has 2 amide bonds. The molecule has 0 aliphatic heterocycles. The van der Waals surface area contributed by atoms with Gasteiger partial charge in [-0.15, -0.1) is 0 Å². The van der Waals surface area contributed by atoms with Gasteiger partial charge < -0.3 is 10.2 Å². The monoisotopic (exact) mass is 548 g/mol. The van der Waals surface area contributed by atoms with E-state index in [2.05, 4.69) is 59.4 Å². The van der Waals surface area contributed by atoms with Crippen molar-refractivity contribution < 1.29 is 9.59 Å². The zero-order valence-electron chi connectivity index (χ0n) is 21.5. The van der Waals surface area contributed by atoms with Crippen molar-refractivity contribution in [3.63, 3.8) is 0 Å². The van der Waals surface area contributed by atoms with Gasteiger partial charge in [-0.2, -0.15) is 0 Å². The molecule has 0 fully saturated rings. The summed E-state index contributed by atoms with van der Waals surface area (Å²) in [5.74, 6) is 0.355. The number of benzene rings is 3. The number of carbonyl (C=O) groups excluding carboxylic acids is 2. The first kappa shape index (κ1) is 27.7. The molecule has 0 saturated carbocycles. The van der Waals surface area contributed by atoms with Gasteiger partial charge in [-0.25, -0.2) is 0 Å². The Balaban J connectivity index is 1.85. The van der Waals surface area contributed by atoms with E-state index in [9.17, 15) is 9.59 Å². The van der Waals surface area contributed by atoms with Crippen LogP contribution in [-0.2, 0) is 29.0 Å². The summed E-state index contributed by atoms with van der Waals surface area (Å²) < 4.78 is 0.982. The Bertz CT molecular complexity index is 1100. The van der Waals surface area contributed by atoms with Gasteiger partial charge in [0.25, 0.3) is 0 Å². The maximum absolute atomic E-state index is 13.7. The molecule has 0 radical (unpaired) electrons. The van der Waals surface area contributed by atoms with Crippen LogP contribution in [0.4, 0.5) is 0 Å². The van der Waals surface area contributed by atoms with E-state index in [0.717, 1.165) is 27.6 Å². The molecule has 3 rings (SSSR count). The van der Waals surface area contributed by atoms with E-state index in [-0.39, 0.29) is 11.8 Å². The van der Waals surface area contributed by atoms with Crippen LogP contribution in [0.5, 0.6) is 0 Å². The first-order chi connectivity index (χ1) is 17.4. The second-order valence-electron chi connectivity index (χ2n) is 9.54. The SMILES string of the molecule is CCCNC(=O)C(Cc1ccccc1)N(Cc1ccc(Br)cc1)C(=O)CCc1ccc(C(C)C)cc1. The third-order valence-electron chi connectivity index (χ3n) is 6.36. The Kier molecular flexibility index (Phi) is 10.7. The van der Waals surface area contributed by atoms with Crippen molar-refractivity contribution in [2.75, 3.05) is 6.54 Å². The summed E-state index contributed by atoms with van der Waals surface area (Å²) in [6, 6.07) is 25.8. The summed E-state index contributed by atoms with van der Waals surface area (Å²) in [6.07, 6.45) is 2.31. The van der Waals surface area contributed by atoms with Crippen LogP contribution < -0.4 is 5.32 Å². The number of nitrogens with zero attached hydrogens (tertiary/aromatic N) is 1. The van der Waals surface area contributed by atoms with Crippen LogP contribution in [0, 0.1) is 0 Å². The number of rotatable bonds is 12. The van der Waals surface area contributed by atoms with Crippen LogP contribution in [0.2, 0.25) is 0 Å². The van der Waals surface area contributed by atoms with Crippen LogP contribution in [0.3, 0.4) is 0 Å². The number of hydrogen-bond donors (Lipinski definition) is 1. The van der Waals surface area contributed by atoms with Crippen molar-refractivity contribution in [1.82, 2.24) is 10.2 Å². The minimum atomic E-state index is -0.585. The van der Waals surface area contributed by atoms with Gasteiger partial charge in [0.05, 0.1) is 0 Å². The molecule has 4 nitrogen and oxygen atoms in total. The molecule has 0 aromatic heterocycles. The number of halogens is 1. The number of carbonyl (C=O) groups is 2. The highest BCUT2D eigenvalue weighted by Crippen LogP contribution is 2.20. The van der Waals surface area contributed by atoms with Crippen LogP contribution in [0.1, 0.15) is 61.8 Å². The smallest absolute Gasteiger partial charge is 0.243 e. The van der Waals surface area contributed by atoms with E-state index in [1.165, 1.54) is 5.56 Å². The number of aryl methyl sites for hydroxylation is 1. The second-order valence-corrected chi connectivity index (χ2v) is 10.5. The summed E-state index contributed by atoms with van der Waals surface area (Å²) in [6.45, 7) is 7.36. The summed E-state index contributed by atoms with van der Waals surface area (Å²) in [7, 11) is 0. The van der Waals surface area contributed by atoms with Crippen molar-refractivity contribution >= 4 is 27.7 Å². The molecular formula is C31H37BrN2O2. The zero-order chi connectivity index (χ0) is 25.9. The van der Waals surface area contributed by atoms with Crippen LogP contribution in [0.15, 0.2) is 83.3 Å². The maximum Gasteiger partial charge on any atom is 0.243 e. The molecular weight excluding hydrogens is 512 g/mol. The standard InChI is InChI=1S/C31H37BrN2O2/c1-4-20-33-31(36)29(21-25-8-6-5-7-9-25)34(22-26-12-17-28(32)18-13-26)30(35)19-14-24-10-15-27(16-11-24)23(2)3/h5-13,15-18,23,29H,4,14,19-22H2,1-3H3,(H,33,36). The van der Waals surface area contributed by atoms with Crippen LogP contribution >= 0.6 is 15.9 Å². The summed E-state index contributed by atoms with van der Waals surface area (Å²) in [5.41, 5.74) is 4.45. The van der Waals surface area contributed by atoms with Crippen molar-refractivity contribution in [3.8, 4) is 0 Å². The molecule has 0 saturated heterocycles. The quantitative estimate of drug-likeness (QED) is 0.274. The van der Waals surface area contributed by atoms with Crippen molar-refractivity contribution in [2.24, 2.45) is 0 Å². The highest BCUT2D eigenvalue weighted by molar-refractivity contribution is 9.10. The lowest BCUT2D eigenvalue weighted by molar-refractivity contribution is -0.141. The number of nitrogens with one attached hydrogen (secondary N) is 1. The fourth-order valence-corrected chi connectivity index (χ4v) is 4.43. The average Bonchev–Trinajstić information content (AvgIpc) is 2.89. The summed E-state index contributed by atoms with van der Waals surface area (Å²) >= 11 is 3.49. The fourth-order valence-electron chi connectivity index (χ4n) is 4.17. The van der Waals surface area contributed by atoms with E-state index in [1.807, 2.05) is 61.5 Å². The normalized spacial score (nSPS) is 11.8. The van der Waals surface area contributed by atoms with Crippen LogP contribution in [0.25, 0.3) is 0 Å². The zero-order valence-corrected chi connectivity index (χ0v) is 23.1. The second kappa shape index (κ2) is 14.0. The van der Waals surface area contributed by atoms with Gasteiger partial charge in [0.15, 0.2) is 0 Å². The molecule has 3 aromatic carbocycles. The Labute approximate surface area is 224 Å². The molecule has 3 aromatic rings. The molecule has 1 unspecified atom stereocenters. The number of hydrogen-bond acceptors (Lipinski definition) is 2. The van der Waals surface area contributed by atoms with E-state index in [4.69, 9.17) is 0 Å². The predicted molar refractivity (Wildman–Crippen MR) is 151 cm³/mol. The van der Waals surface area contributed by atoms with Gasteiger partial charge in [-0.1, -0.05) is 103 Å². The first-order valence-corrected chi connectivity index (χ1v) is 13.6. The topological polar surface area (TPSA) is 49.4 Å². The fraction of sp³-hybridized carbons (Fsp3) is 0.355. The Hall–Kier alpha value is -2.92.